The van der Waals surface area contributed by atoms with Gasteiger partial charge in [0.25, 0.3) is 0 Å². The molecule has 0 aliphatic heterocycles. The van der Waals surface area contributed by atoms with Crippen molar-refractivity contribution in [3.63, 3.8) is 0 Å². The molecule has 0 radical (unpaired) electrons. The fourth-order valence-corrected chi connectivity index (χ4v) is 1.82. The Bertz CT molecular complexity index is 490. The standard InChI is InChI=1S/C11H12N2OS/c15-11-12-8-2-1-3-9(10(8)13-11)14-6-7-4-5-7/h1-3,7H,4-6H2,(H2,12,13,15). The number of ether oxygens (including phenoxy) is 1. The molecule has 0 bridgehead atoms. The summed E-state index contributed by atoms with van der Waals surface area (Å²) in [5.74, 6) is 1.62. The Morgan fingerprint density at radius 1 is 1.47 bits per heavy atom. The molecular weight excluding hydrogens is 208 g/mol. The largest absolute Gasteiger partial charge is 0.491 e. The van der Waals surface area contributed by atoms with Gasteiger partial charge in [-0.15, -0.1) is 12.6 Å². The molecule has 1 aliphatic carbocycles. The molecule has 1 aliphatic rings. The number of thiol groups is 1. The van der Waals surface area contributed by atoms with Gasteiger partial charge in [0.1, 0.15) is 11.3 Å². The smallest absolute Gasteiger partial charge is 0.163 e. The summed E-state index contributed by atoms with van der Waals surface area (Å²) < 4.78 is 5.74. The molecule has 3 nitrogen and oxygen atoms in total. The van der Waals surface area contributed by atoms with Crippen LogP contribution in [0.5, 0.6) is 5.75 Å². The fraction of sp³-hybridized carbons (Fsp3) is 0.364. The van der Waals surface area contributed by atoms with Crippen LogP contribution in [0.25, 0.3) is 11.0 Å². The second-order valence-corrected chi connectivity index (χ2v) is 4.39. The van der Waals surface area contributed by atoms with Crippen molar-refractivity contribution in [2.24, 2.45) is 5.92 Å². The molecule has 0 spiro atoms. The van der Waals surface area contributed by atoms with Gasteiger partial charge >= 0.3 is 0 Å². The average Bonchev–Trinajstić information content (AvgIpc) is 2.96. The predicted octanol–water partition coefficient (Wildman–Crippen LogP) is 2.64. The van der Waals surface area contributed by atoms with Crippen molar-refractivity contribution in [3.05, 3.63) is 18.2 Å². The van der Waals surface area contributed by atoms with E-state index < -0.39 is 0 Å². The third-order valence-electron chi connectivity index (χ3n) is 2.63. The molecule has 1 saturated carbocycles. The number of benzene rings is 1. The number of hydrogen-bond acceptors (Lipinski definition) is 3. The van der Waals surface area contributed by atoms with Crippen LogP contribution in [0.15, 0.2) is 23.4 Å². The van der Waals surface area contributed by atoms with Gasteiger partial charge in [0.15, 0.2) is 5.16 Å². The minimum absolute atomic E-state index is 0.632. The summed E-state index contributed by atoms with van der Waals surface area (Å²) in [4.78, 5) is 7.37. The van der Waals surface area contributed by atoms with Crippen LogP contribution in [0.2, 0.25) is 0 Å². The van der Waals surface area contributed by atoms with Crippen molar-refractivity contribution in [1.29, 1.82) is 0 Å². The van der Waals surface area contributed by atoms with Crippen molar-refractivity contribution < 1.29 is 4.74 Å². The number of fused-ring (bicyclic) bond motifs is 1. The number of rotatable bonds is 3. The van der Waals surface area contributed by atoms with E-state index in [9.17, 15) is 0 Å². The first-order chi connectivity index (χ1) is 7.33. The van der Waals surface area contributed by atoms with Gasteiger partial charge in [-0.25, -0.2) is 4.98 Å². The predicted molar refractivity (Wildman–Crippen MR) is 61.6 cm³/mol. The average molecular weight is 220 g/mol. The lowest BCUT2D eigenvalue weighted by Crippen LogP contribution is -1.99. The second kappa shape index (κ2) is 3.45. The van der Waals surface area contributed by atoms with E-state index in [-0.39, 0.29) is 0 Å². The molecule has 0 saturated heterocycles. The highest BCUT2D eigenvalue weighted by Gasteiger charge is 2.22. The molecule has 0 atom stereocenters. The van der Waals surface area contributed by atoms with Gasteiger partial charge < -0.3 is 9.72 Å². The number of hydrogen-bond donors (Lipinski definition) is 2. The van der Waals surface area contributed by atoms with Crippen molar-refractivity contribution in [2.75, 3.05) is 6.61 Å². The Morgan fingerprint density at radius 3 is 3.13 bits per heavy atom. The zero-order valence-corrected chi connectivity index (χ0v) is 9.13. The van der Waals surface area contributed by atoms with Crippen molar-refractivity contribution >= 4 is 23.7 Å². The van der Waals surface area contributed by atoms with E-state index >= 15 is 0 Å². The van der Waals surface area contributed by atoms with Gasteiger partial charge in [0, 0.05) is 0 Å². The molecule has 1 aromatic carbocycles. The summed E-state index contributed by atoms with van der Waals surface area (Å²) in [5, 5.41) is 0.632. The van der Waals surface area contributed by atoms with Crippen LogP contribution in [0.1, 0.15) is 12.8 Å². The Kier molecular flexibility index (Phi) is 2.09. The van der Waals surface area contributed by atoms with Crippen LogP contribution in [0.4, 0.5) is 0 Å². The zero-order valence-electron chi connectivity index (χ0n) is 8.23. The fourth-order valence-electron chi connectivity index (χ4n) is 1.60. The van der Waals surface area contributed by atoms with Gasteiger partial charge in [-0.05, 0) is 30.9 Å². The molecule has 1 fully saturated rings. The number of aromatic amines is 1. The quantitative estimate of drug-likeness (QED) is 0.780. The Labute approximate surface area is 93.3 Å². The maximum atomic E-state index is 5.74. The first-order valence-electron chi connectivity index (χ1n) is 5.13. The maximum absolute atomic E-state index is 5.74. The molecule has 3 rings (SSSR count). The van der Waals surface area contributed by atoms with Crippen LogP contribution in [0, 0.1) is 5.92 Å². The lowest BCUT2D eigenvalue weighted by Gasteiger charge is -2.04. The van der Waals surface area contributed by atoms with E-state index in [1.807, 2.05) is 18.2 Å². The Balaban J connectivity index is 1.93. The molecule has 2 aromatic rings. The highest BCUT2D eigenvalue weighted by Crippen LogP contribution is 2.31. The second-order valence-electron chi connectivity index (χ2n) is 3.97. The number of H-pyrrole nitrogens is 1. The van der Waals surface area contributed by atoms with Crippen molar-refractivity contribution in [1.82, 2.24) is 9.97 Å². The molecular formula is C11H12N2OS. The third-order valence-corrected chi connectivity index (χ3v) is 2.85. The SMILES string of the molecule is Sc1nc2c(OCC3CC3)cccc2[nH]1. The van der Waals surface area contributed by atoms with Crippen molar-refractivity contribution in [2.45, 2.75) is 18.0 Å². The molecule has 78 valence electrons. The summed E-state index contributed by atoms with van der Waals surface area (Å²) in [7, 11) is 0. The van der Waals surface area contributed by atoms with E-state index in [1.54, 1.807) is 0 Å². The molecule has 1 N–H and O–H groups in total. The molecule has 1 heterocycles. The van der Waals surface area contributed by atoms with E-state index in [0.29, 0.717) is 5.16 Å². The number of nitrogens with one attached hydrogen (secondary N) is 1. The van der Waals surface area contributed by atoms with Gasteiger partial charge in [0.2, 0.25) is 0 Å². The summed E-state index contributed by atoms with van der Waals surface area (Å²) in [6, 6.07) is 5.90. The first-order valence-corrected chi connectivity index (χ1v) is 5.58. The third kappa shape index (κ3) is 1.81. The van der Waals surface area contributed by atoms with Gasteiger partial charge in [-0.1, -0.05) is 6.07 Å². The highest BCUT2D eigenvalue weighted by atomic mass is 32.1. The first kappa shape index (κ1) is 9.09. The number of aromatic nitrogens is 2. The van der Waals surface area contributed by atoms with Crippen LogP contribution >= 0.6 is 12.6 Å². The lowest BCUT2D eigenvalue weighted by molar-refractivity contribution is 0.302. The van der Waals surface area contributed by atoms with E-state index in [2.05, 4.69) is 22.6 Å². The van der Waals surface area contributed by atoms with E-state index in [0.717, 1.165) is 29.3 Å². The number of imidazole rings is 1. The van der Waals surface area contributed by atoms with Crippen molar-refractivity contribution in [3.8, 4) is 5.75 Å². The molecule has 0 unspecified atom stereocenters. The molecule has 15 heavy (non-hydrogen) atoms. The topological polar surface area (TPSA) is 37.9 Å². The normalized spacial score (nSPS) is 15.8. The van der Waals surface area contributed by atoms with E-state index in [1.165, 1.54) is 12.8 Å². The summed E-state index contributed by atoms with van der Waals surface area (Å²) >= 11 is 4.19. The number of para-hydroxylation sites is 1. The van der Waals surface area contributed by atoms with Gasteiger partial charge in [0.05, 0.1) is 12.1 Å². The van der Waals surface area contributed by atoms with Crippen LogP contribution in [0.3, 0.4) is 0 Å². The highest BCUT2D eigenvalue weighted by molar-refractivity contribution is 7.80. The zero-order chi connectivity index (χ0) is 10.3. The van der Waals surface area contributed by atoms with Crippen LogP contribution in [-0.4, -0.2) is 16.6 Å². The number of nitrogens with zero attached hydrogens (tertiary/aromatic N) is 1. The Hall–Kier alpha value is -1.16. The Morgan fingerprint density at radius 2 is 2.33 bits per heavy atom. The minimum Gasteiger partial charge on any atom is -0.491 e. The minimum atomic E-state index is 0.632. The molecule has 0 amide bonds. The summed E-state index contributed by atoms with van der Waals surface area (Å²) in [5.41, 5.74) is 1.86. The summed E-state index contributed by atoms with van der Waals surface area (Å²) in [6.45, 7) is 0.813. The monoisotopic (exact) mass is 220 g/mol. The molecule has 4 heteroatoms. The van der Waals surface area contributed by atoms with Crippen LogP contribution < -0.4 is 4.74 Å². The van der Waals surface area contributed by atoms with Gasteiger partial charge in [-0.2, -0.15) is 0 Å². The maximum Gasteiger partial charge on any atom is 0.163 e. The van der Waals surface area contributed by atoms with E-state index in [4.69, 9.17) is 4.74 Å². The summed E-state index contributed by atoms with van der Waals surface area (Å²) in [6.07, 6.45) is 2.60. The molecule has 1 aromatic heterocycles. The van der Waals surface area contributed by atoms with Crippen LogP contribution in [-0.2, 0) is 0 Å². The van der Waals surface area contributed by atoms with Gasteiger partial charge in [-0.3, -0.25) is 0 Å². The lowest BCUT2D eigenvalue weighted by atomic mass is 10.3.